The number of benzene rings is 1. The summed E-state index contributed by atoms with van der Waals surface area (Å²) in [6.07, 6.45) is 4.89. The number of phenolic OH excluding ortho intramolecular Hbond substituents is 1. The monoisotopic (exact) mass is 365 g/mol. The van der Waals surface area contributed by atoms with Gasteiger partial charge in [-0.15, -0.1) is 10.2 Å². The fourth-order valence-corrected chi connectivity index (χ4v) is 4.36. The Balaban J connectivity index is 1.57. The van der Waals surface area contributed by atoms with E-state index >= 15 is 0 Å². The highest BCUT2D eigenvalue weighted by Crippen LogP contribution is 2.42. The number of aromatic hydroxyl groups is 1. The third kappa shape index (κ3) is 2.65. The fourth-order valence-electron chi connectivity index (χ4n) is 4.36. The normalized spacial score (nSPS) is 20.0. The van der Waals surface area contributed by atoms with Crippen molar-refractivity contribution in [2.24, 2.45) is 0 Å². The number of likely N-dealkylation sites (N-methyl/N-ethyl adjacent to an activating group) is 1. The van der Waals surface area contributed by atoms with Gasteiger partial charge in [0.1, 0.15) is 17.0 Å². The van der Waals surface area contributed by atoms with E-state index in [2.05, 4.69) is 31.7 Å². The Morgan fingerprint density at radius 1 is 1.26 bits per heavy atom. The third-order valence-corrected chi connectivity index (χ3v) is 5.74. The molecule has 1 fully saturated rings. The van der Waals surface area contributed by atoms with Crippen LogP contribution in [-0.2, 0) is 6.42 Å². The lowest BCUT2D eigenvalue weighted by Gasteiger charge is -2.30. The van der Waals surface area contributed by atoms with Crippen LogP contribution in [0.1, 0.15) is 30.0 Å². The van der Waals surface area contributed by atoms with E-state index < -0.39 is 0 Å². The van der Waals surface area contributed by atoms with Gasteiger partial charge < -0.3 is 19.3 Å². The second kappa shape index (κ2) is 6.20. The number of imidazole rings is 1. The Hall–Kier alpha value is -2.67. The van der Waals surface area contributed by atoms with E-state index in [-0.39, 0.29) is 5.75 Å². The van der Waals surface area contributed by atoms with Crippen LogP contribution in [0.15, 0.2) is 18.5 Å². The maximum atomic E-state index is 10.8. The zero-order valence-corrected chi connectivity index (χ0v) is 15.6. The maximum absolute atomic E-state index is 10.8. The van der Waals surface area contributed by atoms with Crippen molar-refractivity contribution in [3.05, 3.63) is 29.6 Å². The van der Waals surface area contributed by atoms with Crippen LogP contribution in [0.4, 0.5) is 0 Å². The number of aromatic nitrogens is 4. The van der Waals surface area contributed by atoms with Gasteiger partial charge in [-0.2, -0.15) is 0 Å². The molecule has 3 aromatic rings. The molecule has 1 saturated heterocycles. The number of piperidine rings is 1. The van der Waals surface area contributed by atoms with Crippen LogP contribution >= 0.6 is 0 Å². The van der Waals surface area contributed by atoms with E-state index in [4.69, 9.17) is 4.74 Å². The van der Waals surface area contributed by atoms with E-state index in [0.717, 1.165) is 53.1 Å². The molecule has 0 amide bonds. The fraction of sp³-hybridized carbons (Fsp3) is 0.450. The van der Waals surface area contributed by atoms with Crippen molar-refractivity contribution in [2.75, 3.05) is 26.7 Å². The van der Waals surface area contributed by atoms with Gasteiger partial charge in [0.15, 0.2) is 5.65 Å². The van der Waals surface area contributed by atoms with Crippen molar-refractivity contribution < 1.29 is 9.84 Å². The first kappa shape index (κ1) is 16.5. The number of likely N-dealkylation sites (tertiary alicyclic amines) is 1. The number of phenols is 1. The number of hydrogen-bond donors (Lipinski definition) is 1. The van der Waals surface area contributed by atoms with Gasteiger partial charge in [0, 0.05) is 30.1 Å². The molecule has 0 spiro atoms. The Kier molecular flexibility index (Phi) is 3.79. The summed E-state index contributed by atoms with van der Waals surface area (Å²) in [5.41, 5.74) is 4.77. The van der Waals surface area contributed by atoms with Crippen LogP contribution in [0.5, 0.6) is 11.5 Å². The van der Waals surface area contributed by atoms with Gasteiger partial charge in [-0.3, -0.25) is 0 Å². The lowest BCUT2D eigenvalue weighted by atomic mass is 9.98. The first-order valence-corrected chi connectivity index (χ1v) is 9.49. The van der Waals surface area contributed by atoms with Crippen molar-refractivity contribution in [1.82, 2.24) is 24.6 Å². The zero-order chi connectivity index (χ0) is 18.5. The summed E-state index contributed by atoms with van der Waals surface area (Å²) < 4.78 is 7.73. The standard InChI is InChI=1S/C20H23N5O2/c1-12-8-17-14(5-7-27-17)19(26)18(12)15-9-16-20(23-22-15)25(11-21-16)13-4-3-6-24(2)10-13/h8-9,11,13,26H,3-7,10H2,1-2H3/t13-/m1/s1. The molecule has 1 aromatic carbocycles. The van der Waals surface area contributed by atoms with Gasteiger partial charge in [-0.1, -0.05) is 0 Å². The van der Waals surface area contributed by atoms with E-state index in [9.17, 15) is 5.11 Å². The highest BCUT2D eigenvalue weighted by Gasteiger charge is 2.24. The number of aryl methyl sites for hydroxylation is 1. The molecule has 7 nitrogen and oxygen atoms in total. The predicted octanol–water partition coefficient (Wildman–Crippen LogP) is 2.71. The molecule has 2 aliphatic rings. The van der Waals surface area contributed by atoms with Crippen molar-refractivity contribution in [2.45, 2.75) is 32.2 Å². The predicted molar refractivity (Wildman–Crippen MR) is 102 cm³/mol. The van der Waals surface area contributed by atoms with Crippen LogP contribution in [0.25, 0.3) is 22.4 Å². The van der Waals surface area contributed by atoms with Crippen LogP contribution in [0, 0.1) is 6.92 Å². The van der Waals surface area contributed by atoms with Gasteiger partial charge in [0.2, 0.25) is 0 Å². The largest absolute Gasteiger partial charge is 0.507 e. The van der Waals surface area contributed by atoms with Gasteiger partial charge in [-0.05, 0) is 51.1 Å². The molecule has 0 radical (unpaired) electrons. The molecule has 1 N–H and O–H groups in total. The average Bonchev–Trinajstić information content (AvgIpc) is 3.28. The molecule has 0 saturated carbocycles. The second-order valence-electron chi connectivity index (χ2n) is 7.64. The Labute approximate surface area is 157 Å². The molecule has 0 aliphatic carbocycles. The maximum Gasteiger partial charge on any atom is 0.182 e. The van der Waals surface area contributed by atoms with E-state index in [0.29, 0.717) is 24.8 Å². The summed E-state index contributed by atoms with van der Waals surface area (Å²) in [7, 11) is 2.15. The minimum absolute atomic E-state index is 0.254. The molecule has 2 aromatic heterocycles. The molecule has 5 rings (SSSR count). The van der Waals surface area contributed by atoms with Gasteiger partial charge in [0.25, 0.3) is 0 Å². The molecule has 27 heavy (non-hydrogen) atoms. The van der Waals surface area contributed by atoms with E-state index in [1.54, 1.807) is 0 Å². The molecular formula is C20H23N5O2. The lowest BCUT2D eigenvalue weighted by molar-refractivity contribution is 0.214. The summed E-state index contributed by atoms with van der Waals surface area (Å²) in [6, 6.07) is 4.27. The summed E-state index contributed by atoms with van der Waals surface area (Å²) in [4.78, 5) is 6.92. The number of fused-ring (bicyclic) bond motifs is 2. The highest BCUT2D eigenvalue weighted by molar-refractivity contribution is 5.81. The van der Waals surface area contributed by atoms with Crippen molar-refractivity contribution in [3.8, 4) is 22.8 Å². The molecule has 0 bridgehead atoms. The third-order valence-electron chi connectivity index (χ3n) is 5.74. The topological polar surface area (TPSA) is 76.3 Å². The van der Waals surface area contributed by atoms with Gasteiger partial charge in [-0.25, -0.2) is 4.98 Å². The first-order chi connectivity index (χ1) is 13.1. The molecular weight excluding hydrogens is 342 g/mol. The van der Waals surface area contributed by atoms with Crippen LogP contribution in [0.2, 0.25) is 0 Å². The quantitative estimate of drug-likeness (QED) is 0.752. The summed E-state index contributed by atoms with van der Waals surface area (Å²) in [6.45, 7) is 4.70. The highest BCUT2D eigenvalue weighted by atomic mass is 16.5. The number of ether oxygens (including phenoxy) is 1. The Morgan fingerprint density at radius 2 is 2.15 bits per heavy atom. The van der Waals surface area contributed by atoms with Crippen molar-refractivity contribution in [3.63, 3.8) is 0 Å². The van der Waals surface area contributed by atoms with Crippen LogP contribution < -0.4 is 4.74 Å². The van der Waals surface area contributed by atoms with Crippen LogP contribution in [-0.4, -0.2) is 56.5 Å². The molecule has 140 valence electrons. The van der Waals surface area contributed by atoms with Crippen molar-refractivity contribution >= 4 is 11.2 Å². The summed E-state index contributed by atoms with van der Waals surface area (Å²) in [5, 5.41) is 19.7. The van der Waals surface area contributed by atoms with E-state index in [1.165, 1.54) is 6.42 Å². The number of rotatable bonds is 2. The minimum atomic E-state index is 0.254. The van der Waals surface area contributed by atoms with E-state index in [1.807, 2.05) is 25.4 Å². The van der Waals surface area contributed by atoms with Gasteiger partial charge in [0.05, 0.1) is 18.6 Å². The van der Waals surface area contributed by atoms with Gasteiger partial charge >= 0.3 is 0 Å². The first-order valence-electron chi connectivity index (χ1n) is 9.49. The second-order valence-corrected chi connectivity index (χ2v) is 7.64. The SMILES string of the molecule is Cc1cc2c(c(O)c1-c1cc3ncn([C@@H]4CCCN(C)C4)c3nn1)CCO2. The smallest absolute Gasteiger partial charge is 0.182 e. The lowest BCUT2D eigenvalue weighted by Crippen LogP contribution is -2.33. The van der Waals surface area contributed by atoms with Crippen molar-refractivity contribution in [1.29, 1.82) is 0 Å². The number of hydrogen-bond acceptors (Lipinski definition) is 6. The zero-order valence-electron chi connectivity index (χ0n) is 15.6. The Bertz CT molecular complexity index is 1030. The average molecular weight is 365 g/mol. The molecule has 4 heterocycles. The number of nitrogens with zero attached hydrogens (tertiary/aromatic N) is 5. The Morgan fingerprint density at radius 3 is 3.00 bits per heavy atom. The molecule has 1 atom stereocenters. The summed E-state index contributed by atoms with van der Waals surface area (Å²) in [5.74, 6) is 1.03. The van der Waals surface area contributed by atoms with Crippen LogP contribution in [0.3, 0.4) is 0 Å². The molecule has 2 aliphatic heterocycles. The molecule has 0 unspecified atom stereocenters. The molecule has 7 heteroatoms. The minimum Gasteiger partial charge on any atom is -0.507 e. The summed E-state index contributed by atoms with van der Waals surface area (Å²) >= 11 is 0.